The zero-order valence-corrected chi connectivity index (χ0v) is 15.6. The maximum Gasteiger partial charge on any atom is 0.0911 e. The van der Waals surface area contributed by atoms with Crippen molar-refractivity contribution in [1.82, 2.24) is 10.2 Å². The maximum absolute atomic E-state index is 3.18. The van der Waals surface area contributed by atoms with Crippen molar-refractivity contribution in [3.8, 4) is 0 Å². The Balaban J connectivity index is -0.000000202. The van der Waals surface area contributed by atoms with Gasteiger partial charge in [-0.3, -0.25) is 0 Å². The minimum atomic E-state index is 0. The number of likely N-dealkylation sites (N-methyl/N-ethyl adjacent to an activating group) is 3. The molecule has 0 heterocycles. The Kier molecular flexibility index (Phi) is 22.5. The molecule has 0 radical (unpaired) electrons. The molecule has 0 rings (SSSR count). The summed E-state index contributed by atoms with van der Waals surface area (Å²) in [5, 5.41) is 3.18. The average molecular weight is 417 g/mol. The third-order valence-electron chi connectivity index (χ3n) is 2.12. The lowest BCUT2D eigenvalue weighted by molar-refractivity contribution is -0.888. The summed E-state index contributed by atoms with van der Waals surface area (Å²) < 4.78 is 1.10. The largest absolute Gasteiger partial charge is 0.326 e. The van der Waals surface area contributed by atoms with Crippen molar-refractivity contribution in [3.05, 3.63) is 0 Å². The molecule has 0 aliphatic rings. The zero-order chi connectivity index (χ0) is 9.61. The van der Waals surface area contributed by atoms with E-state index in [1.807, 2.05) is 7.05 Å². The fraction of sp³-hybridized carbons (Fsp3) is 1.00. The second-order valence-electron chi connectivity index (χ2n) is 4.29. The SMILES string of the molecule is Br.Br.Br.CNCC[N+](C)(C)CCN(C)C. The van der Waals surface area contributed by atoms with Gasteiger partial charge in [-0.05, 0) is 21.1 Å². The van der Waals surface area contributed by atoms with E-state index in [-0.39, 0.29) is 50.9 Å². The Bertz CT molecular complexity index is 121. The summed E-state index contributed by atoms with van der Waals surface area (Å²) in [6.45, 7) is 4.68. The molecule has 0 aliphatic heterocycles. The van der Waals surface area contributed by atoms with E-state index in [1.54, 1.807) is 0 Å². The summed E-state index contributed by atoms with van der Waals surface area (Å²) in [6.07, 6.45) is 0. The Labute approximate surface area is 126 Å². The predicted octanol–water partition coefficient (Wildman–Crippen LogP) is 1.58. The van der Waals surface area contributed by atoms with Crippen molar-refractivity contribution in [2.45, 2.75) is 0 Å². The van der Waals surface area contributed by atoms with Crippen molar-refractivity contribution < 1.29 is 4.48 Å². The molecule has 1 N–H and O–H groups in total. The molecular weight excluding hydrogens is 390 g/mol. The van der Waals surface area contributed by atoms with E-state index >= 15 is 0 Å². The lowest BCUT2D eigenvalue weighted by Gasteiger charge is -2.30. The van der Waals surface area contributed by atoms with Crippen LogP contribution in [0, 0.1) is 0 Å². The standard InChI is InChI=1S/C9H24N3.3BrH/c1-10-6-8-12(4,5)9-7-11(2)3;;;/h10H,6-9H2,1-5H3;3*1H/q+1;;;. The number of halogens is 3. The number of quaternary nitrogens is 1. The third kappa shape index (κ3) is 17.9. The van der Waals surface area contributed by atoms with Gasteiger partial charge < -0.3 is 14.7 Å². The van der Waals surface area contributed by atoms with E-state index in [1.165, 1.54) is 13.1 Å². The van der Waals surface area contributed by atoms with Crippen LogP contribution in [0.4, 0.5) is 0 Å². The van der Waals surface area contributed by atoms with Crippen molar-refractivity contribution >= 4 is 50.9 Å². The molecule has 0 saturated heterocycles. The van der Waals surface area contributed by atoms with Gasteiger partial charge in [-0.2, -0.15) is 0 Å². The van der Waals surface area contributed by atoms with Gasteiger partial charge in [0.2, 0.25) is 0 Å². The first-order chi connectivity index (χ1) is 5.48. The first-order valence-electron chi connectivity index (χ1n) is 4.59. The molecule has 0 atom stereocenters. The van der Waals surface area contributed by atoms with Crippen LogP contribution in [-0.4, -0.2) is 70.8 Å². The quantitative estimate of drug-likeness (QED) is 0.661. The molecular formula is C9H27Br3N3+. The van der Waals surface area contributed by atoms with Gasteiger partial charge in [0.1, 0.15) is 0 Å². The van der Waals surface area contributed by atoms with E-state index in [0.29, 0.717) is 0 Å². The fourth-order valence-electron chi connectivity index (χ4n) is 0.997. The molecule has 0 aromatic carbocycles. The van der Waals surface area contributed by atoms with Gasteiger partial charge in [0, 0.05) is 13.1 Å². The molecule has 98 valence electrons. The number of nitrogens with one attached hydrogen (secondary N) is 1. The van der Waals surface area contributed by atoms with E-state index in [0.717, 1.165) is 17.6 Å². The monoisotopic (exact) mass is 414 g/mol. The highest BCUT2D eigenvalue weighted by Crippen LogP contribution is 1.95. The van der Waals surface area contributed by atoms with Gasteiger partial charge in [0.05, 0.1) is 27.2 Å². The molecule has 0 unspecified atom stereocenters. The number of hydrogen-bond acceptors (Lipinski definition) is 2. The molecule has 0 aromatic heterocycles. The third-order valence-corrected chi connectivity index (χ3v) is 2.12. The van der Waals surface area contributed by atoms with Crippen molar-refractivity contribution in [1.29, 1.82) is 0 Å². The van der Waals surface area contributed by atoms with Crippen LogP contribution in [-0.2, 0) is 0 Å². The van der Waals surface area contributed by atoms with Crippen LogP contribution in [0.3, 0.4) is 0 Å². The predicted molar refractivity (Wildman–Crippen MR) is 85.3 cm³/mol. The lowest BCUT2D eigenvalue weighted by atomic mass is 10.4. The first kappa shape index (κ1) is 25.2. The minimum absolute atomic E-state index is 0. The van der Waals surface area contributed by atoms with E-state index < -0.39 is 0 Å². The van der Waals surface area contributed by atoms with Gasteiger partial charge in [-0.25, -0.2) is 0 Å². The second-order valence-corrected chi connectivity index (χ2v) is 4.29. The molecule has 6 heteroatoms. The molecule has 0 aliphatic carbocycles. The summed E-state index contributed by atoms with van der Waals surface area (Å²) in [7, 11) is 10.8. The number of hydrogen-bond donors (Lipinski definition) is 1. The summed E-state index contributed by atoms with van der Waals surface area (Å²) in [4.78, 5) is 2.24. The average Bonchev–Trinajstić information content (AvgIpc) is 1.98. The molecule has 0 amide bonds. The van der Waals surface area contributed by atoms with Crippen LogP contribution >= 0.6 is 50.9 Å². The van der Waals surface area contributed by atoms with Crippen molar-refractivity contribution in [2.24, 2.45) is 0 Å². The molecule has 0 aromatic rings. The Morgan fingerprint density at radius 1 is 1.00 bits per heavy atom. The smallest absolute Gasteiger partial charge is 0.0911 e. The molecule has 3 nitrogen and oxygen atoms in total. The van der Waals surface area contributed by atoms with Gasteiger partial charge in [-0.15, -0.1) is 50.9 Å². The van der Waals surface area contributed by atoms with Gasteiger partial charge >= 0.3 is 0 Å². The Hall–Kier alpha value is 1.32. The normalized spacial score (nSPS) is 10.0. The molecule has 0 saturated carbocycles. The summed E-state index contributed by atoms with van der Waals surface area (Å²) in [5.74, 6) is 0. The Morgan fingerprint density at radius 2 is 1.47 bits per heavy atom. The number of nitrogens with zero attached hydrogens (tertiary/aromatic N) is 2. The molecule has 0 bridgehead atoms. The molecule has 0 spiro atoms. The van der Waals surface area contributed by atoms with E-state index in [9.17, 15) is 0 Å². The highest BCUT2D eigenvalue weighted by atomic mass is 79.9. The summed E-state index contributed by atoms with van der Waals surface area (Å²) in [5.41, 5.74) is 0. The second kappa shape index (κ2) is 13.4. The summed E-state index contributed by atoms with van der Waals surface area (Å²) >= 11 is 0. The van der Waals surface area contributed by atoms with Crippen LogP contribution in [0.25, 0.3) is 0 Å². The van der Waals surface area contributed by atoms with Crippen LogP contribution in [0.15, 0.2) is 0 Å². The summed E-state index contributed by atoms with van der Waals surface area (Å²) in [6, 6.07) is 0. The van der Waals surface area contributed by atoms with Crippen LogP contribution < -0.4 is 5.32 Å². The molecule has 15 heavy (non-hydrogen) atoms. The highest BCUT2D eigenvalue weighted by Gasteiger charge is 2.13. The van der Waals surface area contributed by atoms with Gasteiger partial charge in [-0.1, -0.05) is 0 Å². The zero-order valence-electron chi connectivity index (χ0n) is 10.4. The van der Waals surface area contributed by atoms with E-state index in [2.05, 4.69) is 38.4 Å². The van der Waals surface area contributed by atoms with E-state index in [4.69, 9.17) is 0 Å². The number of rotatable bonds is 6. The minimum Gasteiger partial charge on any atom is -0.326 e. The molecule has 0 fully saturated rings. The Morgan fingerprint density at radius 3 is 1.80 bits per heavy atom. The fourth-order valence-corrected chi connectivity index (χ4v) is 0.997. The van der Waals surface area contributed by atoms with Crippen molar-refractivity contribution in [3.63, 3.8) is 0 Å². The van der Waals surface area contributed by atoms with Gasteiger partial charge in [0.25, 0.3) is 0 Å². The first-order valence-corrected chi connectivity index (χ1v) is 4.59. The maximum atomic E-state index is 3.18. The van der Waals surface area contributed by atoms with Crippen LogP contribution in [0.1, 0.15) is 0 Å². The highest BCUT2D eigenvalue weighted by molar-refractivity contribution is 8.93. The van der Waals surface area contributed by atoms with Crippen LogP contribution in [0.2, 0.25) is 0 Å². The van der Waals surface area contributed by atoms with Crippen LogP contribution in [0.5, 0.6) is 0 Å². The van der Waals surface area contributed by atoms with Gasteiger partial charge in [0.15, 0.2) is 0 Å². The topological polar surface area (TPSA) is 15.3 Å². The lowest BCUT2D eigenvalue weighted by Crippen LogP contribution is -2.47. The van der Waals surface area contributed by atoms with Crippen molar-refractivity contribution in [2.75, 3.05) is 61.4 Å².